The number of benzene rings is 2. The molecule has 0 saturated carbocycles. The van der Waals surface area contributed by atoms with Crippen LogP contribution >= 0.6 is 0 Å². The van der Waals surface area contributed by atoms with Gasteiger partial charge in [-0.3, -0.25) is 10.2 Å². The molecule has 2 aliphatic heterocycles. The Morgan fingerprint density at radius 2 is 1.91 bits per heavy atom. The average Bonchev–Trinajstić information content (AvgIpc) is 3.04. The summed E-state index contributed by atoms with van der Waals surface area (Å²) in [4.78, 5) is 20.9. The summed E-state index contributed by atoms with van der Waals surface area (Å²) < 4.78 is 19.6. The first-order valence-electron chi connectivity index (χ1n) is 12.0. The van der Waals surface area contributed by atoms with Gasteiger partial charge >= 0.3 is 6.03 Å². The molecular formula is C26H30FN5O2. The molecule has 0 spiro atoms. The van der Waals surface area contributed by atoms with E-state index < -0.39 is 0 Å². The predicted molar refractivity (Wildman–Crippen MR) is 132 cm³/mol. The van der Waals surface area contributed by atoms with Crippen molar-refractivity contribution in [2.45, 2.75) is 19.3 Å². The van der Waals surface area contributed by atoms with Gasteiger partial charge in [0.15, 0.2) is 0 Å². The van der Waals surface area contributed by atoms with Gasteiger partial charge in [0.05, 0.1) is 6.61 Å². The molecule has 34 heavy (non-hydrogen) atoms. The molecule has 1 fully saturated rings. The van der Waals surface area contributed by atoms with E-state index in [0.29, 0.717) is 24.8 Å². The molecule has 2 amide bonds. The van der Waals surface area contributed by atoms with E-state index in [2.05, 4.69) is 31.5 Å². The lowest BCUT2D eigenvalue weighted by Gasteiger charge is -2.36. The largest absolute Gasteiger partial charge is 0.478 e. The number of aromatic nitrogens is 1. The Kier molecular flexibility index (Phi) is 6.76. The highest BCUT2D eigenvalue weighted by atomic mass is 19.1. The molecule has 0 unspecified atom stereocenters. The number of urea groups is 1. The number of carbonyl (C=O) groups excluding carboxylic acids is 1. The SMILES string of the molecule is O=C1NCCc2ccc(OCCCCN3CCN(c4cccc5ccc(F)cc45)CC3)nc2N1. The van der Waals surface area contributed by atoms with Crippen molar-refractivity contribution in [2.24, 2.45) is 0 Å². The summed E-state index contributed by atoms with van der Waals surface area (Å²) in [6, 6.07) is 14.8. The fraction of sp³-hybridized carbons (Fsp3) is 0.385. The predicted octanol–water partition coefficient (Wildman–Crippen LogP) is 4.03. The minimum Gasteiger partial charge on any atom is -0.478 e. The van der Waals surface area contributed by atoms with Crippen LogP contribution in [0.5, 0.6) is 5.88 Å². The molecule has 2 N–H and O–H groups in total. The van der Waals surface area contributed by atoms with Gasteiger partial charge in [-0.2, -0.15) is 4.98 Å². The van der Waals surface area contributed by atoms with Crippen LogP contribution in [0, 0.1) is 5.82 Å². The maximum absolute atomic E-state index is 13.8. The van der Waals surface area contributed by atoms with Crippen LogP contribution in [0.25, 0.3) is 10.8 Å². The zero-order valence-electron chi connectivity index (χ0n) is 19.2. The maximum Gasteiger partial charge on any atom is 0.320 e. The number of anilines is 2. The highest BCUT2D eigenvalue weighted by Crippen LogP contribution is 2.28. The number of fused-ring (bicyclic) bond motifs is 2. The molecule has 0 bridgehead atoms. The van der Waals surface area contributed by atoms with E-state index in [4.69, 9.17) is 4.74 Å². The van der Waals surface area contributed by atoms with Gasteiger partial charge in [-0.25, -0.2) is 9.18 Å². The maximum atomic E-state index is 13.8. The molecule has 2 aromatic carbocycles. The van der Waals surface area contributed by atoms with Crippen LogP contribution in [-0.2, 0) is 6.42 Å². The molecule has 0 aliphatic carbocycles. The molecule has 7 nitrogen and oxygen atoms in total. The molecule has 5 rings (SSSR count). The van der Waals surface area contributed by atoms with E-state index in [1.54, 1.807) is 6.07 Å². The number of carbonyl (C=O) groups is 1. The van der Waals surface area contributed by atoms with Crippen molar-refractivity contribution in [3.8, 4) is 5.88 Å². The van der Waals surface area contributed by atoms with Crippen molar-refractivity contribution in [3.05, 3.63) is 59.9 Å². The second-order valence-corrected chi connectivity index (χ2v) is 8.81. The zero-order chi connectivity index (χ0) is 23.3. The molecular weight excluding hydrogens is 433 g/mol. The minimum absolute atomic E-state index is 0.191. The average molecular weight is 464 g/mol. The first kappa shape index (κ1) is 22.4. The summed E-state index contributed by atoms with van der Waals surface area (Å²) in [5.74, 6) is 0.934. The Bertz CT molecular complexity index is 1160. The van der Waals surface area contributed by atoms with Crippen molar-refractivity contribution in [1.29, 1.82) is 0 Å². The molecule has 2 aliphatic rings. The van der Waals surface area contributed by atoms with Gasteiger partial charge in [-0.05, 0) is 61.0 Å². The first-order valence-corrected chi connectivity index (χ1v) is 12.0. The molecule has 0 radical (unpaired) electrons. The number of ether oxygens (including phenoxy) is 1. The quantitative estimate of drug-likeness (QED) is 0.518. The van der Waals surface area contributed by atoms with E-state index in [1.807, 2.05) is 30.3 Å². The fourth-order valence-corrected chi connectivity index (χ4v) is 4.65. The second-order valence-electron chi connectivity index (χ2n) is 8.81. The molecule has 178 valence electrons. The van der Waals surface area contributed by atoms with E-state index in [-0.39, 0.29) is 11.8 Å². The van der Waals surface area contributed by atoms with Gasteiger partial charge in [0.1, 0.15) is 11.6 Å². The topological polar surface area (TPSA) is 69.7 Å². The summed E-state index contributed by atoms with van der Waals surface area (Å²) >= 11 is 0. The van der Waals surface area contributed by atoms with Crippen molar-refractivity contribution >= 4 is 28.3 Å². The summed E-state index contributed by atoms with van der Waals surface area (Å²) in [6.45, 7) is 6.09. The Labute approximate surface area is 198 Å². The molecule has 3 heterocycles. The van der Waals surface area contributed by atoms with E-state index >= 15 is 0 Å². The summed E-state index contributed by atoms with van der Waals surface area (Å²) in [6.07, 6.45) is 2.74. The standard InChI is InChI=1S/C26H30FN5O2/c27-21-8-6-19-4-3-5-23(22(19)18-21)32-15-13-31(14-16-32)12-1-2-17-34-24-9-7-20-10-11-28-26(33)30-25(20)29-24/h3-9,18H,1-2,10-17H2,(H2,28,29,30,33). The molecule has 1 aromatic heterocycles. The number of piperazine rings is 1. The Hall–Kier alpha value is -3.39. The van der Waals surface area contributed by atoms with Crippen LogP contribution in [0.15, 0.2) is 48.5 Å². The second kappa shape index (κ2) is 10.3. The lowest BCUT2D eigenvalue weighted by atomic mass is 10.1. The monoisotopic (exact) mass is 463 g/mol. The van der Waals surface area contributed by atoms with Crippen LogP contribution in [0.4, 0.5) is 20.7 Å². The minimum atomic E-state index is -0.226. The number of nitrogens with zero attached hydrogens (tertiary/aromatic N) is 3. The summed E-state index contributed by atoms with van der Waals surface area (Å²) in [5, 5.41) is 7.59. The van der Waals surface area contributed by atoms with Gasteiger partial charge in [-0.15, -0.1) is 0 Å². The van der Waals surface area contributed by atoms with Gasteiger partial charge in [-0.1, -0.05) is 18.2 Å². The third-order valence-electron chi connectivity index (χ3n) is 6.52. The third kappa shape index (κ3) is 5.22. The first-order chi connectivity index (χ1) is 16.7. The normalized spacial score (nSPS) is 16.5. The summed E-state index contributed by atoms with van der Waals surface area (Å²) in [5.41, 5.74) is 2.13. The van der Waals surface area contributed by atoms with Gasteiger partial charge < -0.3 is 15.0 Å². The third-order valence-corrected chi connectivity index (χ3v) is 6.52. The van der Waals surface area contributed by atoms with E-state index in [1.165, 1.54) is 6.07 Å². The molecule has 8 heteroatoms. The number of nitrogens with one attached hydrogen (secondary N) is 2. The van der Waals surface area contributed by atoms with Gasteiger partial charge in [0.25, 0.3) is 0 Å². The molecule has 0 atom stereocenters. The Morgan fingerprint density at radius 3 is 2.79 bits per heavy atom. The lowest BCUT2D eigenvalue weighted by molar-refractivity contribution is 0.237. The lowest BCUT2D eigenvalue weighted by Crippen LogP contribution is -2.46. The number of amides is 2. The number of unbranched alkanes of at least 4 members (excludes halogenated alkanes) is 1. The van der Waals surface area contributed by atoms with E-state index in [9.17, 15) is 9.18 Å². The smallest absolute Gasteiger partial charge is 0.320 e. The highest BCUT2D eigenvalue weighted by molar-refractivity contribution is 5.94. The van der Waals surface area contributed by atoms with Gasteiger partial charge in [0.2, 0.25) is 5.88 Å². The van der Waals surface area contributed by atoms with Gasteiger partial charge in [0, 0.05) is 49.9 Å². The van der Waals surface area contributed by atoms with Crippen LogP contribution < -0.4 is 20.3 Å². The Balaban J connectivity index is 1.06. The van der Waals surface area contributed by atoms with Crippen LogP contribution in [0.2, 0.25) is 0 Å². The number of pyridine rings is 1. The number of hydrogen-bond donors (Lipinski definition) is 2. The number of rotatable bonds is 7. The molecule has 3 aromatic rings. The fourth-order valence-electron chi connectivity index (χ4n) is 4.65. The molecule has 1 saturated heterocycles. The number of halogens is 1. The van der Waals surface area contributed by atoms with Crippen molar-refractivity contribution in [3.63, 3.8) is 0 Å². The highest BCUT2D eigenvalue weighted by Gasteiger charge is 2.19. The van der Waals surface area contributed by atoms with Crippen LogP contribution in [-0.4, -0.2) is 61.8 Å². The summed E-state index contributed by atoms with van der Waals surface area (Å²) in [7, 11) is 0. The van der Waals surface area contributed by atoms with Crippen molar-refractivity contribution in [2.75, 3.05) is 56.1 Å². The van der Waals surface area contributed by atoms with E-state index in [0.717, 1.165) is 74.0 Å². The zero-order valence-corrected chi connectivity index (χ0v) is 19.2. The number of hydrogen-bond acceptors (Lipinski definition) is 5. The van der Waals surface area contributed by atoms with Crippen LogP contribution in [0.3, 0.4) is 0 Å². The van der Waals surface area contributed by atoms with Crippen molar-refractivity contribution < 1.29 is 13.9 Å². The van der Waals surface area contributed by atoms with Crippen LogP contribution in [0.1, 0.15) is 18.4 Å². The van der Waals surface area contributed by atoms with Crippen molar-refractivity contribution in [1.82, 2.24) is 15.2 Å². The Morgan fingerprint density at radius 1 is 1.03 bits per heavy atom.